The van der Waals surface area contributed by atoms with Gasteiger partial charge in [-0.1, -0.05) is 6.08 Å². The van der Waals surface area contributed by atoms with Crippen molar-refractivity contribution in [2.24, 2.45) is 17.8 Å². The second-order valence-corrected chi connectivity index (χ2v) is 8.06. The summed E-state index contributed by atoms with van der Waals surface area (Å²) >= 11 is 6.21. The molecule has 4 nitrogen and oxygen atoms in total. The fraction of sp³-hybridized carbons (Fsp3) is 0.667. The van der Waals surface area contributed by atoms with Crippen LogP contribution >= 0.6 is 11.6 Å². The van der Waals surface area contributed by atoms with Crippen LogP contribution in [0.5, 0.6) is 0 Å². The fourth-order valence-electron chi connectivity index (χ4n) is 4.09. The van der Waals surface area contributed by atoms with Crippen molar-refractivity contribution in [2.45, 2.75) is 25.7 Å². The Kier molecular flexibility index (Phi) is 3.37. The van der Waals surface area contributed by atoms with Crippen molar-refractivity contribution in [3.05, 3.63) is 23.1 Å². The zero-order chi connectivity index (χ0) is 15.4. The van der Waals surface area contributed by atoms with Gasteiger partial charge in [0, 0.05) is 38.8 Å². The second-order valence-electron chi connectivity index (χ2n) is 7.72. The van der Waals surface area contributed by atoms with Gasteiger partial charge in [-0.05, 0) is 60.6 Å². The van der Waals surface area contributed by atoms with E-state index < -0.39 is 0 Å². The van der Waals surface area contributed by atoms with Gasteiger partial charge in [0.25, 0.3) is 0 Å². The van der Waals surface area contributed by atoms with Gasteiger partial charge in [-0.25, -0.2) is 9.97 Å². The molecule has 5 rings (SSSR count). The summed E-state index contributed by atoms with van der Waals surface area (Å²) in [6, 6.07) is 2.15. The number of piperidine rings is 1. The zero-order valence-corrected chi connectivity index (χ0v) is 14.2. The number of fused-ring (bicyclic) bond motifs is 1. The van der Waals surface area contributed by atoms with E-state index in [9.17, 15) is 0 Å². The monoisotopic (exact) mass is 330 g/mol. The molecule has 23 heavy (non-hydrogen) atoms. The molecule has 0 bridgehead atoms. The van der Waals surface area contributed by atoms with Gasteiger partial charge in [-0.2, -0.15) is 0 Å². The molecule has 2 saturated carbocycles. The summed E-state index contributed by atoms with van der Waals surface area (Å²) in [7, 11) is 0. The van der Waals surface area contributed by atoms with Crippen LogP contribution in [0, 0.1) is 17.8 Å². The van der Waals surface area contributed by atoms with E-state index in [-0.39, 0.29) is 0 Å². The molecular weight excluding hydrogens is 308 g/mol. The summed E-state index contributed by atoms with van der Waals surface area (Å²) < 4.78 is 0. The first kappa shape index (κ1) is 14.2. The Morgan fingerprint density at radius 2 is 2.00 bits per heavy atom. The maximum absolute atomic E-state index is 6.21. The van der Waals surface area contributed by atoms with Crippen molar-refractivity contribution < 1.29 is 0 Å². The fourth-order valence-corrected chi connectivity index (χ4v) is 4.27. The van der Waals surface area contributed by atoms with Crippen LogP contribution in [0.25, 0.3) is 5.57 Å². The van der Waals surface area contributed by atoms with Gasteiger partial charge < -0.3 is 4.90 Å². The molecule has 2 aliphatic heterocycles. The standard InChI is InChI=1S/C18H23ClN4/c19-18-20-16(8-17(21-18)23-10-14-7-15(14)11-23)13-3-5-22(6-4-13)9-12-1-2-12/h3,8,12,14-15H,1-2,4-7,9-11H2. The van der Waals surface area contributed by atoms with E-state index in [1.54, 1.807) is 0 Å². The first-order valence-corrected chi connectivity index (χ1v) is 9.34. The molecule has 0 spiro atoms. The highest BCUT2D eigenvalue weighted by Gasteiger charge is 2.45. The Balaban J connectivity index is 1.33. The Morgan fingerprint density at radius 1 is 1.17 bits per heavy atom. The lowest BCUT2D eigenvalue weighted by Crippen LogP contribution is -2.30. The van der Waals surface area contributed by atoms with Gasteiger partial charge in [-0.3, -0.25) is 4.90 Å². The van der Waals surface area contributed by atoms with Gasteiger partial charge in [0.1, 0.15) is 5.82 Å². The highest BCUT2D eigenvalue weighted by molar-refractivity contribution is 6.28. The average molecular weight is 331 g/mol. The minimum Gasteiger partial charge on any atom is -0.356 e. The van der Waals surface area contributed by atoms with Crippen molar-refractivity contribution in [3.63, 3.8) is 0 Å². The molecule has 2 aliphatic carbocycles. The van der Waals surface area contributed by atoms with Crippen LogP contribution in [0.3, 0.4) is 0 Å². The lowest BCUT2D eigenvalue weighted by Gasteiger charge is -2.26. The summed E-state index contributed by atoms with van der Waals surface area (Å²) in [6.45, 7) is 5.76. The lowest BCUT2D eigenvalue weighted by atomic mass is 10.0. The second kappa shape index (κ2) is 5.45. The molecule has 1 aromatic heterocycles. The van der Waals surface area contributed by atoms with Crippen molar-refractivity contribution in [2.75, 3.05) is 37.6 Å². The van der Waals surface area contributed by atoms with Crippen molar-refractivity contribution >= 4 is 23.0 Å². The molecule has 2 unspecified atom stereocenters. The molecule has 4 aliphatic rings. The third-order valence-electron chi connectivity index (χ3n) is 5.82. The zero-order valence-electron chi connectivity index (χ0n) is 13.4. The highest BCUT2D eigenvalue weighted by Crippen LogP contribution is 2.46. The minimum absolute atomic E-state index is 0.388. The average Bonchev–Trinajstić information content (AvgIpc) is 3.48. The van der Waals surface area contributed by atoms with Crippen LogP contribution in [0.4, 0.5) is 5.82 Å². The molecule has 1 aromatic rings. The van der Waals surface area contributed by atoms with E-state index in [0.29, 0.717) is 5.28 Å². The molecule has 122 valence electrons. The number of nitrogens with zero attached hydrogens (tertiary/aromatic N) is 4. The molecule has 3 heterocycles. The summed E-state index contributed by atoms with van der Waals surface area (Å²) in [6.07, 6.45) is 7.68. The molecular formula is C18H23ClN4. The van der Waals surface area contributed by atoms with E-state index in [0.717, 1.165) is 61.9 Å². The Bertz CT molecular complexity index is 644. The van der Waals surface area contributed by atoms with Crippen molar-refractivity contribution in [1.29, 1.82) is 0 Å². The van der Waals surface area contributed by atoms with E-state index in [1.165, 1.54) is 31.4 Å². The van der Waals surface area contributed by atoms with Crippen LogP contribution in [-0.2, 0) is 0 Å². The number of rotatable bonds is 4. The van der Waals surface area contributed by atoms with Gasteiger partial charge in [0.2, 0.25) is 5.28 Å². The first-order chi connectivity index (χ1) is 11.2. The number of aromatic nitrogens is 2. The Morgan fingerprint density at radius 3 is 2.70 bits per heavy atom. The summed E-state index contributed by atoms with van der Waals surface area (Å²) in [5.41, 5.74) is 2.37. The highest BCUT2D eigenvalue weighted by atomic mass is 35.5. The smallest absolute Gasteiger partial charge is 0.224 e. The molecule has 5 heteroatoms. The summed E-state index contributed by atoms with van der Waals surface area (Å²) in [5.74, 6) is 3.79. The van der Waals surface area contributed by atoms with Crippen molar-refractivity contribution in [1.82, 2.24) is 14.9 Å². The van der Waals surface area contributed by atoms with Gasteiger partial charge in [0.05, 0.1) is 5.69 Å². The molecule has 0 radical (unpaired) electrons. The Labute approximate surface area is 142 Å². The maximum Gasteiger partial charge on any atom is 0.224 e. The number of hydrogen-bond donors (Lipinski definition) is 0. The van der Waals surface area contributed by atoms with Crippen LogP contribution in [0.1, 0.15) is 31.4 Å². The van der Waals surface area contributed by atoms with Crippen LogP contribution in [0.2, 0.25) is 5.28 Å². The van der Waals surface area contributed by atoms with Gasteiger partial charge >= 0.3 is 0 Å². The summed E-state index contributed by atoms with van der Waals surface area (Å²) in [5, 5.41) is 0.388. The summed E-state index contributed by atoms with van der Waals surface area (Å²) in [4.78, 5) is 13.9. The largest absolute Gasteiger partial charge is 0.356 e. The maximum atomic E-state index is 6.21. The Hall–Kier alpha value is -1.13. The SMILES string of the molecule is Clc1nc(C2=CCN(CC3CC3)CC2)cc(N2CC3CC3C2)n1. The minimum atomic E-state index is 0.388. The van der Waals surface area contributed by atoms with E-state index >= 15 is 0 Å². The lowest BCUT2D eigenvalue weighted by molar-refractivity contribution is 0.289. The van der Waals surface area contributed by atoms with Gasteiger partial charge in [-0.15, -0.1) is 0 Å². The molecule has 0 amide bonds. The van der Waals surface area contributed by atoms with Gasteiger partial charge in [0.15, 0.2) is 0 Å². The number of anilines is 1. The number of hydrogen-bond acceptors (Lipinski definition) is 4. The third-order valence-corrected chi connectivity index (χ3v) is 5.99. The quantitative estimate of drug-likeness (QED) is 0.794. The van der Waals surface area contributed by atoms with E-state index in [1.807, 2.05) is 0 Å². The molecule has 3 fully saturated rings. The van der Waals surface area contributed by atoms with Crippen LogP contribution in [-0.4, -0.2) is 47.6 Å². The normalized spacial score (nSPS) is 30.3. The third kappa shape index (κ3) is 2.99. The topological polar surface area (TPSA) is 32.3 Å². The first-order valence-electron chi connectivity index (χ1n) is 8.96. The van der Waals surface area contributed by atoms with Crippen LogP contribution in [0.15, 0.2) is 12.1 Å². The predicted molar refractivity (Wildman–Crippen MR) is 92.6 cm³/mol. The van der Waals surface area contributed by atoms with Crippen LogP contribution < -0.4 is 4.90 Å². The van der Waals surface area contributed by atoms with E-state index in [4.69, 9.17) is 11.6 Å². The van der Waals surface area contributed by atoms with Crippen molar-refractivity contribution in [3.8, 4) is 0 Å². The predicted octanol–water partition coefficient (Wildman–Crippen LogP) is 3.09. The molecule has 0 N–H and O–H groups in total. The number of halogens is 1. The molecule has 0 aromatic carbocycles. The van der Waals surface area contributed by atoms with E-state index in [2.05, 4.69) is 31.9 Å². The molecule has 2 atom stereocenters. The molecule has 1 saturated heterocycles.